The largest absolute Gasteiger partial charge is 0.496 e. The Labute approximate surface area is 228 Å². The molecule has 0 aliphatic carbocycles. The highest BCUT2D eigenvalue weighted by Gasteiger charge is 2.25. The second kappa shape index (κ2) is 9.13. The van der Waals surface area contributed by atoms with E-state index in [2.05, 4.69) is 20.4 Å². The van der Waals surface area contributed by atoms with Crippen LogP contribution in [-0.4, -0.2) is 57.4 Å². The molecule has 0 bridgehead atoms. The summed E-state index contributed by atoms with van der Waals surface area (Å²) in [5.41, 5.74) is 6.89. The molecule has 1 fully saturated rings. The summed E-state index contributed by atoms with van der Waals surface area (Å²) >= 11 is 0. The van der Waals surface area contributed by atoms with Gasteiger partial charge in [-0.3, -0.25) is 9.78 Å². The molecular formula is C30H26N6O4. The van der Waals surface area contributed by atoms with Crippen LogP contribution in [0.1, 0.15) is 27.6 Å². The highest BCUT2D eigenvalue weighted by atomic mass is 16.5. The summed E-state index contributed by atoms with van der Waals surface area (Å²) in [6.07, 6.45) is 1.70. The number of H-pyrrole nitrogens is 1. The molecule has 7 rings (SSSR count). The number of aromatic nitrogens is 5. The molecule has 0 atom stereocenters. The average Bonchev–Trinajstić information content (AvgIpc) is 3.46. The normalized spacial score (nSPS) is 13.7. The zero-order chi connectivity index (χ0) is 27.5. The molecule has 200 valence electrons. The SMILES string of the molecule is COc1cc2c(cc1-c1c(C)noc1C)[nH]c1nc(C)nc(-c3ccc(C(=O)NC4COC4)c4ncccc34)c12. The minimum atomic E-state index is -0.170. The quantitative estimate of drug-likeness (QED) is 0.315. The third kappa shape index (κ3) is 3.71. The maximum absolute atomic E-state index is 13.1. The molecule has 2 N–H and O–H groups in total. The summed E-state index contributed by atoms with van der Waals surface area (Å²) in [4.78, 5) is 30.8. The number of methoxy groups -OCH3 is 1. The van der Waals surface area contributed by atoms with Crippen molar-refractivity contribution < 1.29 is 18.8 Å². The van der Waals surface area contributed by atoms with Crippen LogP contribution >= 0.6 is 0 Å². The Morgan fingerprint density at radius 2 is 1.93 bits per heavy atom. The second-order valence-corrected chi connectivity index (χ2v) is 10.0. The third-order valence-electron chi connectivity index (χ3n) is 7.43. The van der Waals surface area contributed by atoms with Gasteiger partial charge in [0.15, 0.2) is 0 Å². The highest BCUT2D eigenvalue weighted by Crippen LogP contribution is 2.42. The number of hydrogen-bond donors (Lipinski definition) is 2. The van der Waals surface area contributed by atoms with Crippen LogP contribution in [0, 0.1) is 20.8 Å². The Hall–Kier alpha value is -4.83. The molecule has 0 unspecified atom stereocenters. The first-order chi connectivity index (χ1) is 19.4. The van der Waals surface area contributed by atoms with Crippen LogP contribution in [0.4, 0.5) is 0 Å². The first-order valence-corrected chi connectivity index (χ1v) is 13.0. The topological polar surface area (TPSA) is 128 Å². The standard InChI is InChI=1S/C30H26N6O4/c1-14-25(15(2)40-36-14)22-10-23-21(11-24(22)38-4)26-28(32-16(3)33-29(26)35-23)19-7-8-20(27-18(19)6-5-9-31-27)30(37)34-17-12-39-13-17/h5-11,17H,12-13H2,1-4H3,(H,34,37)(H,32,33,35). The van der Waals surface area contributed by atoms with Crippen LogP contribution in [0.5, 0.6) is 5.75 Å². The van der Waals surface area contributed by atoms with Crippen LogP contribution < -0.4 is 10.1 Å². The number of benzene rings is 2. The first-order valence-electron chi connectivity index (χ1n) is 13.0. The van der Waals surface area contributed by atoms with Gasteiger partial charge in [-0.25, -0.2) is 9.97 Å². The molecule has 1 aliphatic heterocycles. The Kier molecular flexibility index (Phi) is 5.53. The van der Waals surface area contributed by atoms with Gasteiger partial charge in [0.2, 0.25) is 0 Å². The van der Waals surface area contributed by atoms with Crippen LogP contribution in [0.15, 0.2) is 47.1 Å². The molecule has 10 nitrogen and oxygen atoms in total. The lowest BCUT2D eigenvalue weighted by Crippen LogP contribution is -2.48. The molecule has 0 radical (unpaired) electrons. The Balaban J connectivity index is 1.46. The molecule has 1 aliphatic rings. The lowest BCUT2D eigenvalue weighted by Gasteiger charge is -2.27. The van der Waals surface area contributed by atoms with Crippen LogP contribution in [0.2, 0.25) is 0 Å². The summed E-state index contributed by atoms with van der Waals surface area (Å²) in [7, 11) is 1.65. The van der Waals surface area contributed by atoms with Gasteiger partial charge >= 0.3 is 0 Å². The van der Waals surface area contributed by atoms with E-state index in [1.54, 1.807) is 13.3 Å². The van der Waals surface area contributed by atoms with Gasteiger partial charge in [-0.2, -0.15) is 0 Å². The molecule has 40 heavy (non-hydrogen) atoms. The number of aromatic amines is 1. The zero-order valence-electron chi connectivity index (χ0n) is 22.5. The number of pyridine rings is 1. The molecule has 2 aromatic carbocycles. The highest BCUT2D eigenvalue weighted by molar-refractivity contribution is 6.17. The van der Waals surface area contributed by atoms with Gasteiger partial charge in [0.05, 0.1) is 59.8 Å². The van der Waals surface area contributed by atoms with Gasteiger partial charge < -0.3 is 24.3 Å². The van der Waals surface area contributed by atoms with Crippen LogP contribution in [-0.2, 0) is 4.74 Å². The number of nitrogens with zero attached hydrogens (tertiary/aromatic N) is 4. The second-order valence-electron chi connectivity index (χ2n) is 10.0. The minimum absolute atomic E-state index is 0.0200. The lowest BCUT2D eigenvalue weighted by molar-refractivity contribution is -0.00343. The van der Waals surface area contributed by atoms with Crippen LogP contribution in [0.3, 0.4) is 0 Å². The predicted octanol–water partition coefficient (Wildman–Crippen LogP) is 5.04. The van der Waals surface area contributed by atoms with Crippen molar-refractivity contribution in [1.82, 2.24) is 30.4 Å². The Bertz CT molecular complexity index is 1950. The number of rotatable bonds is 5. The molecule has 0 saturated carbocycles. The summed E-state index contributed by atoms with van der Waals surface area (Å²) < 4.78 is 16.5. The predicted molar refractivity (Wildman–Crippen MR) is 150 cm³/mol. The van der Waals surface area contributed by atoms with Gasteiger partial charge in [-0.15, -0.1) is 0 Å². The molecule has 6 aromatic rings. The van der Waals surface area contributed by atoms with E-state index in [1.807, 2.05) is 57.2 Å². The molecule has 1 amide bonds. The van der Waals surface area contributed by atoms with Gasteiger partial charge in [-0.1, -0.05) is 17.3 Å². The van der Waals surface area contributed by atoms with Crippen molar-refractivity contribution in [3.63, 3.8) is 0 Å². The van der Waals surface area contributed by atoms with Gasteiger partial charge in [0.25, 0.3) is 5.91 Å². The first kappa shape index (κ1) is 24.2. The van der Waals surface area contributed by atoms with Crippen molar-refractivity contribution in [1.29, 1.82) is 0 Å². The average molecular weight is 535 g/mol. The van der Waals surface area contributed by atoms with Crippen molar-refractivity contribution in [2.45, 2.75) is 26.8 Å². The van der Waals surface area contributed by atoms with Crippen molar-refractivity contribution in [3.05, 3.63) is 65.4 Å². The lowest BCUT2D eigenvalue weighted by atomic mass is 9.97. The number of aryl methyl sites for hydroxylation is 3. The monoisotopic (exact) mass is 534 g/mol. The number of hydrogen-bond acceptors (Lipinski definition) is 8. The zero-order valence-corrected chi connectivity index (χ0v) is 22.5. The van der Waals surface area contributed by atoms with E-state index in [1.165, 1.54) is 0 Å². The molecule has 10 heteroatoms. The third-order valence-corrected chi connectivity index (χ3v) is 7.43. The van der Waals surface area contributed by atoms with E-state index in [9.17, 15) is 4.79 Å². The molecule has 5 heterocycles. The molecule has 4 aromatic heterocycles. The number of ether oxygens (including phenoxy) is 2. The van der Waals surface area contributed by atoms with Crippen LogP contribution in [0.25, 0.3) is 55.2 Å². The van der Waals surface area contributed by atoms with Crippen molar-refractivity contribution in [2.24, 2.45) is 0 Å². The van der Waals surface area contributed by atoms with Crippen molar-refractivity contribution in [3.8, 4) is 28.1 Å². The van der Waals surface area contributed by atoms with E-state index in [0.717, 1.165) is 55.5 Å². The maximum atomic E-state index is 13.1. The fourth-order valence-corrected chi connectivity index (χ4v) is 5.51. The minimum Gasteiger partial charge on any atom is -0.496 e. The summed E-state index contributed by atoms with van der Waals surface area (Å²) in [5.74, 6) is 1.86. The molecule has 0 spiro atoms. The maximum Gasteiger partial charge on any atom is 0.253 e. The van der Waals surface area contributed by atoms with Gasteiger partial charge in [-0.05, 0) is 45.0 Å². The summed E-state index contributed by atoms with van der Waals surface area (Å²) in [5, 5.41) is 9.75. The Morgan fingerprint density at radius 1 is 1.07 bits per heavy atom. The molecular weight excluding hydrogens is 508 g/mol. The molecule has 1 saturated heterocycles. The van der Waals surface area contributed by atoms with Gasteiger partial charge in [0, 0.05) is 33.6 Å². The van der Waals surface area contributed by atoms with E-state index < -0.39 is 0 Å². The van der Waals surface area contributed by atoms with E-state index in [4.69, 9.17) is 24.0 Å². The summed E-state index contributed by atoms with van der Waals surface area (Å²) in [6.45, 7) is 6.72. The number of fused-ring (bicyclic) bond motifs is 4. The van der Waals surface area contributed by atoms with Gasteiger partial charge in [0.1, 0.15) is 23.0 Å². The number of carbonyl (C=O) groups is 1. The van der Waals surface area contributed by atoms with Crippen molar-refractivity contribution >= 4 is 38.7 Å². The van der Waals surface area contributed by atoms with E-state index >= 15 is 0 Å². The van der Waals surface area contributed by atoms with E-state index in [-0.39, 0.29) is 11.9 Å². The number of carbonyl (C=O) groups excluding carboxylic acids is 1. The smallest absolute Gasteiger partial charge is 0.253 e. The van der Waals surface area contributed by atoms with Crippen molar-refractivity contribution in [2.75, 3.05) is 20.3 Å². The number of amides is 1. The fraction of sp³-hybridized carbons (Fsp3) is 0.233. The van der Waals surface area contributed by atoms with E-state index in [0.29, 0.717) is 41.5 Å². The number of nitrogens with one attached hydrogen (secondary N) is 2. The fourth-order valence-electron chi connectivity index (χ4n) is 5.51. The Morgan fingerprint density at radius 3 is 2.65 bits per heavy atom. The summed E-state index contributed by atoms with van der Waals surface area (Å²) in [6, 6.07) is 11.6.